The molecule has 0 unspecified atom stereocenters. The summed E-state index contributed by atoms with van der Waals surface area (Å²) in [5, 5.41) is 2.39. The third-order valence-electron chi connectivity index (χ3n) is 15.1. The van der Waals surface area contributed by atoms with Gasteiger partial charge in [0.1, 0.15) is 0 Å². The van der Waals surface area contributed by atoms with Crippen LogP contribution in [0.5, 0.6) is 0 Å². The van der Waals surface area contributed by atoms with Crippen molar-refractivity contribution in [1.82, 2.24) is 0 Å². The molecule has 1 nitrogen and oxygen atoms in total. The molecule has 11 aromatic rings. The summed E-state index contributed by atoms with van der Waals surface area (Å²) in [6, 6.07) is 96.9. The maximum atomic E-state index is 2.55. The van der Waals surface area contributed by atoms with E-state index in [1.165, 1.54) is 99.8 Å². The summed E-state index contributed by atoms with van der Waals surface area (Å²) < 4.78 is 0. The number of hydrogen-bond acceptors (Lipinski definition) is 1. The molecule has 0 amide bonds. The molecule has 0 saturated heterocycles. The predicted molar refractivity (Wildman–Crippen MR) is 290 cm³/mol. The lowest BCUT2D eigenvalue weighted by atomic mass is 9.68. The van der Waals surface area contributed by atoms with Crippen molar-refractivity contribution in [1.29, 1.82) is 0 Å². The van der Waals surface area contributed by atoms with Crippen LogP contribution in [0.1, 0.15) is 47.2 Å². The predicted octanol–water partition coefficient (Wildman–Crippen LogP) is 18.0. The lowest BCUT2D eigenvalue weighted by Gasteiger charge is -2.35. The van der Waals surface area contributed by atoms with Crippen LogP contribution in [0.25, 0.3) is 66.4 Å². The van der Waals surface area contributed by atoms with Gasteiger partial charge in [-0.05, 0) is 125 Å². The Morgan fingerprint density at radius 1 is 0.290 bits per heavy atom. The topological polar surface area (TPSA) is 3.24 Å². The molecule has 0 N–H and O–H groups in total. The summed E-state index contributed by atoms with van der Waals surface area (Å²) >= 11 is 0. The molecule has 2 aliphatic rings. The van der Waals surface area contributed by atoms with Gasteiger partial charge in [-0.2, -0.15) is 0 Å². The van der Waals surface area contributed by atoms with Crippen molar-refractivity contribution in [3.63, 3.8) is 0 Å². The molecule has 1 heteroatoms. The Kier molecular flexibility index (Phi) is 9.49. The number of fused-ring (bicyclic) bond motifs is 7. The second-order valence-electron chi connectivity index (χ2n) is 19.2. The lowest BCUT2D eigenvalue weighted by Crippen LogP contribution is -2.28. The highest BCUT2D eigenvalue weighted by Gasteiger charge is 2.47. The highest BCUT2D eigenvalue weighted by atomic mass is 15.1. The van der Waals surface area contributed by atoms with E-state index in [0.29, 0.717) is 0 Å². The van der Waals surface area contributed by atoms with Crippen LogP contribution in [0.3, 0.4) is 0 Å². The van der Waals surface area contributed by atoms with Crippen LogP contribution >= 0.6 is 0 Å². The van der Waals surface area contributed by atoms with Crippen molar-refractivity contribution in [3.8, 4) is 55.6 Å². The van der Waals surface area contributed by atoms with Crippen molar-refractivity contribution in [3.05, 3.63) is 294 Å². The zero-order valence-electron chi connectivity index (χ0n) is 38.8. The minimum Gasteiger partial charge on any atom is -0.309 e. The molecule has 0 bridgehead atoms. The first kappa shape index (κ1) is 40.7. The van der Waals surface area contributed by atoms with Gasteiger partial charge in [-0.3, -0.25) is 0 Å². The van der Waals surface area contributed by atoms with Crippen LogP contribution in [-0.2, 0) is 10.8 Å². The van der Waals surface area contributed by atoms with Gasteiger partial charge in [0.05, 0.1) is 16.8 Å². The molecule has 2 aliphatic carbocycles. The van der Waals surface area contributed by atoms with Gasteiger partial charge >= 0.3 is 0 Å². The third-order valence-corrected chi connectivity index (χ3v) is 15.1. The van der Waals surface area contributed by atoms with Crippen molar-refractivity contribution >= 4 is 27.8 Å². The van der Waals surface area contributed by atoms with E-state index in [0.717, 1.165) is 17.1 Å². The molecule has 0 heterocycles. The van der Waals surface area contributed by atoms with Gasteiger partial charge in [-0.1, -0.05) is 238 Å². The summed E-state index contributed by atoms with van der Waals surface area (Å²) in [7, 11) is 0. The number of hydrogen-bond donors (Lipinski definition) is 0. The fraction of sp³-hybridized carbons (Fsp3) is 0.0588. The van der Waals surface area contributed by atoms with E-state index in [1.54, 1.807) is 0 Å². The Morgan fingerprint density at radius 2 is 0.783 bits per heavy atom. The Bertz CT molecular complexity index is 3700. The molecule has 0 aliphatic heterocycles. The SMILES string of the molecule is CC1(C)c2ccccc2-c2ccc(-c3ccc4cc(N(c5cccc(-c6ccccc6)c5-c5ccccc5)c5cccc6c5-c5ccccc5C6(c5ccccc5)c5ccccc5)ccc4c3)cc21. The highest BCUT2D eigenvalue weighted by Crippen LogP contribution is 2.60. The third kappa shape index (κ3) is 6.31. The van der Waals surface area contributed by atoms with Gasteiger partial charge in [0.15, 0.2) is 0 Å². The molecule has 69 heavy (non-hydrogen) atoms. The summed E-state index contributed by atoms with van der Waals surface area (Å²) in [6.07, 6.45) is 0. The molecule has 0 atom stereocenters. The molecule has 0 radical (unpaired) electrons. The average Bonchev–Trinajstić information content (AvgIpc) is 3.85. The quantitative estimate of drug-likeness (QED) is 0.147. The number of anilines is 3. The summed E-state index contributed by atoms with van der Waals surface area (Å²) in [4.78, 5) is 2.55. The first-order valence-electron chi connectivity index (χ1n) is 24.2. The van der Waals surface area contributed by atoms with Crippen molar-refractivity contribution in [2.24, 2.45) is 0 Å². The van der Waals surface area contributed by atoms with Crippen LogP contribution in [-0.4, -0.2) is 0 Å². The van der Waals surface area contributed by atoms with Gasteiger partial charge in [0.2, 0.25) is 0 Å². The standard InChI is InChI=1S/C68H49N/c1-67(2)59-32-17-15-29-56(59)57-42-40-51(45-62(57)67)48-37-38-50-44-54(41-39-49(50)43-48)69(63-35-19-31-55(46-21-7-3-8-22-46)65(63)47-23-9-4-10-24-47)64-36-20-34-61-66(64)58-30-16-18-33-60(58)68(61,52-25-11-5-12-26-52)53-27-13-6-14-28-53/h3-45H,1-2H3. The fourth-order valence-corrected chi connectivity index (χ4v) is 12.0. The van der Waals surface area contributed by atoms with E-state index in [9.17, 15) is 0 Å². The summed E-state index contributed by atoms with van der Waals surface area (Å²) in [5.41, 5.74) is 22.9. The molecule has 0 spiro atoms. The number of nitrogens with zero attached hydrogens (tertiary/aromatic N) is 1. The maximum Gasteiger partial charge on any atom is 0.0714 e. The molecule has 0 aromatic heterocycles. The van der Waals surface area contributed by atoms with Crippen LogP contribution in [0.15, 0.2) is 261 Å². The van der Waals surface area contributed by atoms with Gasteiger partial charge in [-0.25, -0.2) is 0 Å². The summed E-state index contributed by atoms with van der Waals surface area (Å²) in [5.74, 6) is 0. The van der Waals surface area contributed by atoms with Gasteiger partial charge in [0.25, 0.3) is 0 Å². The Labute approximate surface area is 405 Å². The second-order valence-corrected chi connectivity index (χ2v) is 19.2. The normalized spacial score (nSPS) is 13.6. The molecular formula is C68H49N. The molecule has 326 valence electrons. The molecule has 13 rings (SSSR count). The molecular weight excluding hydrogens is 831 g/mol. The van der Waals surface area contributed by atoms with E-state index in [2.05, 4.69) is 280 Å². The second kappa shape index (κ2) is 16.1. The van der Waals surface area contributed by atoms with E-state index in [-0.39, 0.29) is 5.41 Å². The van der Waals surface area contributed by atoms with E-state index < -0.39 is 5.41 Å². The zero-order valence-corrected chi connectivity index (χ0v) is 38.8. The first-order valence-corrected chi connectivity index (χ1v) is 24.2. The largest absolute Gasteiger partial charge is 0.309 e. The van der Waals surface area contributed by atoms with Crippen molar-refractivity contribution in [2.45, 2.75) is 24.7 Å². The van der Waals surface area contributed by atoms with Gasteiger partial charge in [-0.15, -0.1) is 0 Å². The lowest BCUT2D eigenvalue weighted by molar-refractivity contribution is 0.660. The van der Waals surface area contributed by atoms with E-state index in [1.807, 2.05) is 0 Å². The number of rotatable bonds is 8. The van der Waals surface area contributed by atoms with Crippen LogP contribution in [0.4, 0.5) is 17.1 Å². The Morgan fingerprint density at radius 3 is 1.49 bits per heavy atom. The monoisotopic (exact) mass is 879 g/mol. The highest BCUT2D eigenvalue weighted by molar-refractivity contribution is 6.03. The minimum atomic E-state index is -0.542. The Balaban J connectivity index is 1.05. The summed E-state index contributed by atoms with van der Waals surface area (Å²) in [6.45, 7) is 4.72. The van der Waals surface area contributed by atoms with Crippen LogP contribution in [0.2, 0.25) is 0 Å². The van der Waals surface area contributed by atoms with E-state index in [4.69, 9.17) is 0 Å². The van der Waals surface area contributed by atoms with Crippen molar-refractivity contribution in [2.75, 3.05) is 4.90 Å². The van der Waals surface area contributed by atoms with Crippen LogP contribution in [0, 0.1) is 0 Å². The number of benzene rings is 11. The maximum absolute atomic E-state index is 2.55. The van der Waals surface area contributed by atoms with Gasteiger partial charge in [0, 0.05) is 22.2 Å². The zero-order chi connectivity index (χ0) is 46.1. The molecule has 0 fully saturated rings. The Hall–Kier alpha value is -8.52. The minimum absolute atomic E-state index is 0.0620. The molecule has 0 saturated carbocycles. The van der Waals surface area contributed by atoms with E-state index >= 15 is 0 Å². The first-order chi connectivity index (χ1) is 34.0. The average molecular weight is 880 g/mol. The van der Waals surface area contributed by atoms with Crippen LogP contribution < -0.4 is 4.90 Å². The van der Waals surface area contributed by atoms with Crippen molar-refractivity contribution < 1.29 is 0 Å². The smallest absolute Gasteiger partial charge is 0.0714 e. The fourth-order valence-electron chi connectivity index (χ4n) is 12.0. The molecule has 11 aromatic carbocycles. The van der Waals surface area contributed by atoms with Gasteiger partial charge < -0.3 is 4.90 Å².